The van der Waals surface area contributed by atoms with Gasteiger partial charge in [-0.25, -0.2) is 4.79 Å². The van der Waals surface area contributed by atoms with Crippen molar-refractivity contribution in [2.24, 2.45) is 17.8 Å². The van der Waals surface area contributed by atoms with Crippen molar-refractivity contribution in [3.8, 4) is 0 Å². The summed E-state index contributed by atoms with van der Waals surface area (Å²) < 4.78 is 0. The van der Waals surface area contributed by atoms with Crippen LogP contribution in [0.25, 0.3) is 0 Å². The second kappa shape index (κ2) is 7.16. The van der Waals surface area contributed by atoms with Crippen LogP contribution in [0.5, 0.6) is 0 Å². The second-order valence-electron chi connectivity index (χ2n) is 9.12. The van der Waals surface area contributed by atoms with Crippen LogP contribution in [-0.2, 0) is 4.79 Å². The molecule has 25 heavy (non-hydrogen) atoms. The molecule has 5 rings (SSSR count). The number of carbonyl (C=O) groups is 2. The van der Waals surface area contributed by atoms with Gasteiger partial charge in [0.2, 0.25) is 5.91 Å². The monoisotopic (exact) mass is 347 g/mol. The van der Waals surface area contributed by atoms with Crippen molar-refractivity contribution in [3.63, 3.8) is 0 Å². The molecule has 0 unspecified atom stereocenters. The molecule has 1 heterocycles. The van der Waals surface area contributed by atoms with Crippen LogP contribution < -0.4 is 10.6 Å². The second-order valence-corrected chi connectivity index (χ2v) is 9.12. The molecule has 0 atom stereocenters. The number of hydrogen-bond donors (Lipinski definition) is 2. The Morgan fingerprint density at radius 3 is 2.00 bits per heavy atom. The molecule has 0 spiro atoms. The molecule has 0 aromatic carbocycles. The fourth-order valence-corrected chi connectivity index (χ4v) is 6.31. The Labute approximate surface area is 151 Å². The molecular formula is C20H33N3O2. The number of nitrogens with zero attached hydrogens (tertiary/aromatic N) is 1. The van der Waals surface area contributed by atoms with Crippen molar-refractivity contribution in [1.82, 2.24) is 15.5 Å². The zero-order valence-corrected chi connectivity index (χ0v) is 15.4. The summed E-state index contributed by atoms with van der Waals surface area (Å²) in [6.45, 7) is 2.23. The average molecular weight is 348 g/mol. The maximum Gasteiger partial charge on any atom is 0.315 e. The van der Waals surface area contributed by atoms with Crippen LogP contribution in [0.2, 0.25) is 0 Å². The molecule has 5 nitrogen and oxygen atoms in total. The molecule has 3 amide bonds. The van der Waals surface area contributed by atoms with E-state index in [4.69, 9.17) is 0 Å². The molecule has 5 heteroatoms. The number of hydrogen-bond acceptors (Lipinski definition) is 2. The Bertz CT molecular complexity index is 476. The standard InChI is InChI=1S/C20H33N3O2/c24-18(23-7-3-1-2-4-8-23)5-6-21-19(25)22-20-12-15-9-16(13-20)11-17(10-15)14-20/h15-17H,1-14H2,(H2,21,22,25). The smallest absolute Gasteiger partial charge is 0.315 e. The Balaban J connectivity index is 1.21. The van der Waals surface area contributed by atoms with Crippen LogP contribution >= 0.6 is 0 Å². The quantitative estimate of drug-likeness (QED) is 0.821. The first-order valence-corrected chi connectivity index (χ1v) is 10.5. The molecular weight excluding hydrogens is 314 g/mol. The third-order valence-electron chi connectivity index (χ3n) is 7.00. The van der Waals surface area contributed by atoms with E-state index in [0.29, 0.717) is 13.0 Å². The van der Waals surface area contributed by atoms with Gasteiger partial charge in [-0.3, -0.25) is 4.79 Å². The molecule has 0 radical (unpaired) electrons. The number of carbonyl (C=O) groups excluding carboxylic acids is 2. The van der Waals surface area contributed by atoms with Gasteiger partial charge < -0.3 is 15.5 Å². The van der Waals surface area contributed by atoms with Crippen molar-refractivity contribution in [2.75, 3.05) is 19.6 Å². The number of urea groups is 1. The fourth-order valence-electron chi connectivity index (χ4n) is 6.31. The SMILES string of the molecule is O=C(NCCC(=O)N1CCCCCC1)NC12CC3CC(CC(C3)C1)C2. The maximum atomic E-state index is 12.4. The lowest BCUT2D eigenvalue weighted by Gasteiger charge is -2.56. The van der Waals surface area contributed by atoms with Gasteiger partial charge in [-0.15, -0.1) is 0 Å². The lowest BCUT2D eigenvalue weighted by Crippen LogP contribution is -2.61. The molecule has 5 aliphatic rings. The van der Waals surface area contributed by atoms with Crippen LogP contribution in [0.15, 0.2) is 0 Å². The van der Waals surface area contributed by atoms with Crippen LogP contribution in [-0.4, -0.2) is 42.0 Å². The van der Waals surface area contributed by atoms with Gasteiger partial charge in [0.25, 0.3) is 0 Å². The van der Waals surface area contributed by atoms with E-state index in [1.807, 2.05) is 4.90 Å². The van der Waals surface area contributed by atoms with Gasteiger partial charge in [0.15, 0.2) is 0 Å². The maximum absolute atomic E-state index is 12.4. The number of nitrogens with one attached hydrogen (secondary N) is 2. The predicted octanol–water partition coefficient (Wildman–Crippen LogP) is 3.05. The lowest BCUT2D eigenvalue weighted by atomic mass is 9.53. The highest BCUT2D eigenvalue weighted by Crippen LogP contribution is 2.55. The van der Waals surface area contributed by atoms with Crippen LogP contribution in [0, 0.1) is 17.8 Å². The zero-order chi connectivity index (χ0) is 17.3. The first kappa shape index (κ1) is 17.2. The summed E-state index contributed by atoms with van der Waals surface area (Å²) in [7, 11) is 0. The van der Waals surface area contributed by atoms with E-state index in [-0.39, 0.29) is 17.5 Å². The minimum Gasteiger partial charge on any atom is -0.343 e. The van der Waals surface area contributed by atoms with E-state index < -0.39 is 0 Å². The highest BCUT2D eigenvalue weighted by atomic mass is 16.2. The minimum absolute atomic E-state index is 0.0492. The fraction of sp³-hybridized carbons (Fsp3) is 0.900. The van der Waals surface area contributed by atoms with Gasteiger partial charge in [-0.2, -0.15) is 0 Å². The highest BCUT2D eigenvalue weighted by molar-refractivity contribution is 5.78. The number of likely N-dealkylation sites (tertiary alicyclic amines) is 1. The topological polar surface area (TPSA) is 61.4 Å². The molecule has 4 saturated carbocycles. The average Bonchev–Trinajstić information content (AvgIpc) is 2.82. The number of amides is 3. The van der Waals surface area contributed by atoms with Gasteiger partial charge in [-0.05, 0) is 69.1 Å². The van der Waals surface area contributed by atoms with Gasteiger partial charge in [0.1, 0.15) is 0 Å². The first-order valence-electron chi connectivity index (χ1n) is 10.5. The van der Waals surface area contributed by atoms with Gasteiger partial charge in [0, 0.05) is 31.6 Å². The van der Waals surface area contributed by atoms with Crippen molar-refractivity contribution in [3.05, 3.63) is 0 Å². The molecule has 2 N–H and O–H groups in total. The molecule has 4 aliphatic carbocycles. The van der Waals surface area contributed by atoms with E-state index in [2.05, 4.69) is 10.6 Å². The Hall–Kier alpha value is -1.26. The van der Waals surface area contributed by atoms with Gasteiger partial charge in [0.05, 0.1) is 0 Å². The normalized spacial score (nSPS) is 36.8. The van der Waals surface area contributed by atoms with Crippen LogP contribution in [0.4, 0.5) is 4.79 Å². The van der Waals surface area contributed by atoms with Crippen molar-refractivity contribution >= 4 is 11.9 Å². The summed E-state index contributed by atoms with van der Waals surface area (Å²) in [6.07, 6.45) is 12.8. The lowest BCUT2D eigenvalue weighted by molar-refractivity contribution is -0.131. The molecule has 0 aromatic rings. The highest BCUT2D eigenvalue weighted by Gasteiger charge is 2.51. The molecule has 1 saturated heterocycles. The van der Waals surface area contributed by atoms with Crippen LogP contribution in [0.3, 0.4) is 0 Å². The van der Waals surface area contributed by atoms with E-state index in [1.165, 1.54) is 51.4 Å². The van der Waals surface area contributed by atoms with E-state index in [9.17, 15) is 9.59 Å². The Kier molecular flexibility index (Phi) is 4.92. The van der Waals surface area contributed by atoms with E-state index >= 15 is 0 Å². The molecule has 1 aliphatic heterocycles. The van der Waals surface area contributed by atoms with Gasteiger partial charge >= 0.3 is 6.03 Å². The molecule has 0 aromatic heterocycles. The summed E-state index contributed by atoms with van der Waals surface area (Å²) in [6, 6.07) is -0.0642. The summed E-state index contributed by atoms with van der Waals surface area (Å²) in [4.78, 5) is 26.7. The Morgan fingerprint density at radius 2 is 1.44 bits per heavy atom. The third-order valence-corrected chi connectivity index (χ3v) is 7.00. The summed E-state index contributed by atoms with van der Waals surface area (Å²) in [5.74, 6) is 2.68. The van der Waals surface area contributed by atoms with E-state index in [1.54, 1.807) is 0 Å². The third kappa shape index (κ3) is 3.95. The van der Waals surface area contributed by atoms with E-state index in [0.717, 1.165) is 43.7 Å². The Morgan fingerprint density at radius 1 is 0.880 bits per heavy atom. The molecule has 5 fully saturated rings. The van der Waals surface area contributed by atoms with Crippen LogP contribution in [0.1, 0.15) is 70.6 Å². The zero-order valence-electron chi connectivity index (χ0n) is 15.4. The van der Waals surface area contributed by atoms with Crippen molar-refractivity contribution in [1.29, 1.82) is 0 Å². The minimum atomic E-state index is -0.0642. The first-order chi connectivity index (χ1) is 12.1. The summed E-state index contributed by atoms with van der Waals surface area (Å²) >= 11 is 0. The summed E-state index contributed by atoms with van der Waals surface area (Å²) in [5, 5.41) is 6.26. The molecule has 4 bridgehead atoms. The van der Waals surface area contributed by atoms with Crippen molar-refractivity contribution in [2.45, 2.75) is 76.2 Å². The molecule has 140 valence electrons. The number of rotatable bonds is 4. The summed E-state index contributed by atoms with van der Waals surface area (Å²) in [5.41, 5.74) is 0.0492. The van der Waals surface area contributed by atoms with Crippen molar-refractivity contribution < 1.29 is 9.59 Å². The van der Waals surface area contributed by atoms with Gasteiger partial charge in [-0.1, -0.05) is 12.8 Å². The largest absolute Gasteiger partial charge is 0.343 e. The predicted molar refractivity (Wildman–Crippen MR) is 97.1 cm³/mol.